The topological polar surface area (TPSA) is 76.8 Å². The number of aliphatic imine (C=N–C) groups is 1. The molecule has 0 bridgehead atoms. The molecule has 6 nitrogen and oxygen atoms in total. The van der Waals surface area contributed by atoms with Crippen molar-refractivity contribution in [2.75, 3.05) is 25.5 Å². The van der Waals surface area contributed by atoms with E-state index in [4.69, 9.17) is 4.74 Å². The minimum atomic E-state index is -0.414. The van der Waals surface area contributed by atoms with E-state index in [0.29, 0.717) is 13.1 Å². The summed E-state index contributed by atoms with van der Waals surface area (Å²) in [6.07, 6.45) is 1.80. The molecule has 2 aromatic carbocycles. The summed E-state index contributed by atoms with van der Waals surface area (Å²) in [5.74, 6) is 0.817. The summed E-state index contributed by atoms with van der Waals surface area (Å²) < 4.78 is 5.09. The van der Waals surface area contributed by atoms with Gasteiger partial charge >= 0.3 is 0 Å². The highest BCUT2D eigenvalue weighted by Gasteiger charge is 2.02. The van der Waals surface area contributed by atoms with Crippen LogP contribution in [-0.4, -0.2) is 31.3 Å². The molecule has 0 saturated heterocycles. The number of anilines is 1. The largest absolute Gasteiger partial charge is 0.497 e. The van der Waals surface area contributed by atoms with Crippen molar-refractivity contribution in [3.8, 4) is 5.75 Å². The minimum absolute atomic E-state index is 0.0862. The molecule has 0 heterocycles. The van der Waals surface area contributed by atoms with E-state index < -0.39 is 4.92 Å². The van der Waals surface area contributed by atoms with Gasteiger partial charge in [-0.05, 0) is 42.0 Å². The van der Waals surface area contributed by atoms with Gasteiger partial charge in [0.15, 0.2) is 0 Å². The number of hydrogen-bond donors (Lipinski definition) is 1. The Morgan fingerprint density at radius 3 is 2.45 bits per heavy atom. The third-order valence-electron chi connectivity index (χ3n) is 3.00. The first-order valence-corrected chi connectivity index (χ1v) is 6.81. The zero-order chi connectivity index (χ0) is 15.8. The molecule has 0 aliphatic carbocycles. The summed E-state index contributed by atoms with van der Waals surface area (Å²) in [4.78, 5) is 14.5. The van der Waals surface area contributed by atoms with Crippen molar-refractivity contribution >= 4 is 17.6 Å². The fraction of sp³-hybridized carbons (Fsp3) is 0.188. The minimum Gasteiger partial charge on any atom is -0.497 e. The number of ether oxygens (including phenoxy) is 1. The van der Waals surface area contributed by atoms with Gasteiger partial charge in [-0.25, -0.2) is 0 Å². The average molecular weight is 299 g/mol. The SMILES string of the molecule is COc1ccc(C=NCCNc2ccc([N+](=O)[O-])cc2)cc1. The van der Waals surface area contributed by atoms with E-state index >= 15 is 0 Å². The Kier molecular flexibility index (Phi) is 5.48. The summed E-state index contributed by atoms with van der Waals surface area (Å²) in [6.45, 7) is 1.27. The van der Waals surface area contributed by atoms with E-state index in [9.17, 15) is 10.1 Å². The fourth-order valence-electron chi connectivity index (χ4n) is 1.83. The molecule has 0 aliphatic rings. The second-order valence-corrected chi connectivity index (χ2v) is 4.54. The van der Waals surface area contributed by atoms with Crippen molar-refractivity contribution in [2.24, 2.45) is 4.99 Å². The van der Waals surface area contributed by atoms with Crippen LogP contribution in [0, 0.1) is 10.1 Å². The molecule has 0 radical (unpaired) electrons. The molecule has 0 saturated carbocycles. The van der Waals surface area contributed by atoms with Gasteiger partial charge in [0, 0.05) is 30.6 Å². The molecule has 22 heavy (non-hydrogen) atoms. The van der Waals surface area contributed by atoms with Crippen molar-refractivity contribution in [1.82, 2.24) is 0 Å². The second-order valence-electron chi connectivity index (χ2n) is 4.54. The first kappa shape index (κ1) is 15.5. The number of nitrogens with zero attached hydrogens (tertiary/aromatic N) is 2. The molecular formula is C16H17N3O3. The molecule has 0 unspecified atom stereocenters. The lowest BCUT2D eigenvalue weighted by Crippen LogP contribution is -2.04. The van der Waals surface area contributed by atoms with Crippen LogP contribution in [0.5, 0.6) is 5.75 Å². The van der Waals surface area contributed by atoms with Gasteiger partial charge in [0.2, 0.25) is 0 Å². The van der Waals surface area contributed by atoms with Crippen LogP contribution in [0.15, 0.2) is 53.5 Å². The van der Waals surface area contributed by atoms with Crippen LogP contribution < -0.4 is 10.1 Å². The zero-order valence-electron chi connectivity index (χ0n) is 12.2. The molecule has 1 N–H and O–H groups in total. The van der Waals surface area contributed by atoms with Crippen LogP contribution in [0.2, 0.25) is 0 Å². The molecule has 0 spiro atoms. The standard InChI is InChI=1S/C16H17N3O3/c1-22-16-8-2-13(3-9-16)12-17-10-11-18-14-4-6-15(7-5-14)19(20)21/h2-9,12,18H,10-11H2,1H3. The van der Waals surface area contributed by atoms with Crippen molar-refractivity contribution < 1.29 is 9.66 Å². The van der Waals surface area contributed by atoms with Crippen LogP contribution >= 0.6 is 0 Å². The molecule has 0 aliphatic heterocycles. The van der Waals surface area contributed by atoms with Gasteiger partial charge in [-0.1, -0.05) is 0 Å². The predicted molar refractivity (Wildman–Crippen MR) is 87.0 cm³/mol. The molecule has 0 amide bonds. The van der Waals surface area contributed by atoms with E-state index in [2.05, 4.69) is 10.3 Å². The van der Waals surface area contributed by atoms with E-state index in [1.807, 2.05) is 24.3 Å². The molecule has 0 atom stereocenters. The van der Waals surface area contributed by atoms with Crippen LogP contribution in [0.1, 0.15) is 5.56 Å². The Morgan fingerprint density at radius 1 is 1.18 bits per heavy atom. The van der Waals surface area contributed by atoms with Crippen LogP contribution in [0.4, 0.5) is 11.4 Å². The Balaban J connectivity index is 1.76. The first-order chi connectivity index (χ1) is 10.7. The van der Waals surface area contributed by atoms with E-state index in [1.165, 1.54) is 12.1 Å². The Labute approximate surface area is 128 Å². The van der Waals surface area contributed by atoms with Crippen molar-refractivity contribution in [2.45, 2.75) is 0 Å². The lowest BCUT2D eigenvalue weighted by Gasteiger charge is -2.03. The Bertz CT molecular complexity index is 637. The van der Waals surface area contributed by atoms with Crippen molar-refractivity contribution in [1.29, 1.82) is 0 Å². The highest BCUT2D eigenvalue weighted by molar-refractivity contribution is 5.79. The number of nitrogens with one attached hydrogen (secondary N) is 1. The maximum absolute atomic E-state index is 10.5. The summed E-state index contributed by atoms with van der Waals surface area (Å²) in [5.41, 5.74) is 1.93. The number of rotatable bonds is 7. The average Bonchev–Trinajstić information content (AvgIpc) is 2.55. The zero-order valence-corrected chi connectivity index (χ0v) is 12.2. The number of nitro groups is 1. The molecule has 0 aromatic heterocycles. The van der Waals surface area contributed by atoms with Gasteiger partial charge < -0.3 is 10.1 Å². The summed E-state index contributed by atoms with van der Waals surface area (Å²) in [5, 5.41) is 13.7. The summed E-state index contributed by atoms with van der Waals surface area (Å²) >= 11 is 0. The summed E-state index contributed by atoms with van der Waals surface area (Å²) in [7, 11) is 1.63. The first-order valence-electron chi connectivity index (χ1n) is 6.81. The molecule has 6 heteroatoms. The number of benzene rings is 2. The quantitative estimate of drug-likeness (QED) is 0.369. The normalized spacial score (nSPS) is 10.6. The van der Waals surface area contributed by atoms with Crippen LogP contribution in [0.3, 0.4) is 0 Å². The van der Waals surface area contributed by atoms with Crippen LogP contribution in [0.25, 0.3) is 0 Å². The molecule has 114 valence electrons. The number of nitro benzene ring substituents is 1. The molecular weight excluding hydrogens is 282 g/mol. The number of non-ortho nitro benzene ring substituents is 1. The van der Waals surface area contributed by atoms with E-state index in [1.54, 1.807) is 25.5 Å². The fourth-order valence-corrected chi connectivity index (χ4v) is 1.83. The Morgan fingerprint density at radius 2 is 1.86 bits per heavy atom. The maximum atomic E-state index is 10.5. The highest BCUT2D eigenvalue weighted by atomic mass is 16.6. The number of hydrogen-bond acceptors (Lipinski definition) is 5. The summed E-state index contributed by atoms with van der Waals surface area (Å²) in [6, 6.07) is 14.0. The molecule has 2 aromatic rings. The maximum Gasteiger partial charge on any atom is 0.269 e. The van der Waals surface area contributed by atoms with Crippen molar-refractivity contribution in [3.63, 3.8) is 0 Å². The molecule has 0 fully saturated rings. The third-order valence-corrected chi connectivity index (χ3v) is 3.00. The predicted octanol–water partition coefficient (Wildman–Crippen LogP) is 3.13. The lowest BCUT2D eigenvalue weighted by atomic mass is 10.2. The second kappa shape index (κ2) is 7.78. The van der Waals surface area contributed by atoms with Gasteiger partial charge in [-0.3, -0.25) is 15.1 Å². The highest BCUT2D eigenvalue weighted by Crippen LogP contribution is 2.15. The Hall–Kier alpha value is -2.89. The van der Waals surface area contributed by atoms with E-state index in [-0.39, 0.29) is 5.69 Å². The van der Waals surface area contributed by atoms with Crippen LogP contribution in [-0.2, 0) is 0 Å². The van der Waals surface area contributed by atoms with Gasteiger partial charge in [-0.15, -0.1) is 0 Å². The van der Waals surface area contributed by atoms with Crippen molar-refractivity contribution in [3.05, 3.63) is 64.2 Å². The smallest absolute Gasteiger partial charge is 0.269 e. The monoisotopic (exact) mass is 299 g/mol. The molecule has 2 rings (SSSR count). The van der Waals surface area contributed by atoms with Gasteiger partial charge in [0.05, 0.1) is 18.6 Å². The van der Waals surface area contributed by atoms with E-state index in [0.717, 1.165) is 17.0 Å². The van der Waals surface area contributed by atoms with Gasteiger partial charge in [0.25, 0.3) is 5.69 Å². The lowest BCUT2D eigenvalue weighted by molar-refractivity contribution is -0.384. The van der Waals surface area contributed by atoms with Gasteiger partial charge in [-0.2, -0.15) is 0 Å². The van der Waals surface area contributed by atoms with Gasteiger partial charge in [0.1, 0.15) is 5.75 Å². The number of methoxy groups -OCH3 is 1. The third kappa shape index (κ3) is 4.59.